The van der Waals surface area contributed by atoms with Crippen LogP contribution >= 0.6 is 0 Å². The van der Waals surface area contributed by atoms with E-state index in [1.807, 2.05) is 0 Å². The van der Waals surface area contributed by atoms with Crippen LogP contribution in [0.1, 0.15) is 62.1 Å². The molecule has 36 heavy (non-hydrogen) atoms. The maximum Gasteiger partial charge on any atom is 0.150 e. The average molecular weight is 503 g/mol. The van der Waals surface area contributed by atoms with Crippen molar-refractivity contribution in [2.24, 2.45) is 0 Å². The van der Waals surface area contributed by atoms with Crippen molar-refractivity contribution in [3.63, 3.8) is 0 Å². The lowest BCUT2D eigenvalue weighted by atomic mass is 10.1. The molecule has 4 aromatic rings. The summed E-state index contributed by atoms with van der Waals surface area (Å²) >= 11 is 0. The van der Waals surface area contributed by atoms with Crippen molar-refractivity contribution < 1.29 is 27.8 Å². The normalized spacial score (nSPS) is 20.5. The first kappa shape index (κ1) is 24.6. The van der Waals surface area contributed by atoms with Gasteiger partial charge in [0.25, 0.3) is 0 Å². The summed E-state index contributed by atoms with van der Waals surface area (Å²) in [6.45, 7) is 4.35. The Morgan fingerprint density at radius 2 is 1.28 bits per heavy atom. The van der Waals surface area contributed by atoms with Crippen molar-refractivity contribution in [3.8, 4) is 5.75 Å². The zero-order valence-electron chi connectivity index (χ0n) is 20.3. The van der Waals surface area contributed by atoms with Crippen LogP contribution in [0.15, 0.2) is 24.5 Å². The molecule has 7 nitrogen and oxygen atoms in total. The zero-order valence-corrected chi connectivity index (χ0v) is 20.3. The van der Waals surface area contributed by atoms with Gasteiger partial charge < -0.3 is 14.6 Å². The largest absolute Gasteiger partial charge is 0.507 e. The van der Waals surface area contributed by atoms with E-state index in [1.54, 1.807) is 22.5 Å². The number of aromatic nitrogens is 4. The molecule has 0 spiro atoms. The number of nitrogens with zero attached hydrogens (tertiary/aromatic N) is 4. The fourth-order valence-electron chi connectivity index (χ4n) is 4.75. The molecule has 10 heteroatoms. The van der Waals surface area contributed by atoms with Gasteiger partial charge in [-0.05, 0) is 52.4 Å². The highest BCUT2D eigenvalue weighted by atomic mass is 19.1. The van der Waals surface area contributed by atoms with Crippen LogP contribution in [0.2, 0.25) is 0 Å². The monoisotopic (exact) mass is 502 g/mol. The Morgan fingerprint density at radius 3 is 1.81 bits per heavy atom. The average Bonchev–Trinajstić information content (AvgIpc) is 3.52. The van der Waals surface area contributed by atoms with E-state index in [1.165, 1.54) is 25.3 Å². The van der Waals surface area contributed by atoms with E-state index in [4.69, 9.17) is 9.47 Å². The van der Waals surface area contributed by atoms with Crippen LogP contribution in [0.25, 0.3) is 21.8 Å². The lowest BCUT2D eigenvalue weighted by molar-refractivity contribution is -0.0368. The summed E-state index contributed by atoms with van der Waals surface area (Å²) in [5.41, 5.74) is 1.34. The quantitative estimate of drug-likeness (QED) is 0.353. The van der Waals surface area contributed by atoms with E-state index in [0.29, 0.717) is 35.0 Å². The summed E-state index contributed by atoms with van der Waals surface area (Å²) in [6.07, 6.45) is 8.53. The van der Waals surface area contributed by atoms with E-state index in [2.05, 4.69) is 10.2 Å². The Balaban J connectivity index is 0.000000148. The highest BCUT2D eigenvalue weighted by Gasteiger charge is 2.22. The molecular formula is C26H29F3N4O3. The standard InChI is InChI=1S/C13H14F2N2O.C13H15FN2O2/c1-8-10(14)6-11-9(13(8)15)7-16-17(11)12-4-2-3-5-18-12;1-8-10(14)6-11-9(13(8)17)7-15-16(11)12-4-2-3-5-18-12/h6-7,12H,2-5H2,1H3;6-7,12,17H,2-5H2,1H3. The van der Waals surface area contributed by atoms with E-state index < -0.39 is 17.5 Å². The Bertz CT molecular complexity index is 1280. The number of halogens is 3. The lowest BCUT2D eigenvalue weighted by Crippen LogP contribution is -2.19. The van der Waals surface area contributed by atoms with Gasteiger partial charge in [0.2, 0.25) is 0 Å². The number of fused-ring (bicyclic) bond motifs is 2. The first-order valence-corrected chi connectivity index (χ1v) is 12.3. The topological polar surface area (TPSA) is 74.3 Å². The first-order valence-electron chi connectivity index (χ1n) is 12.3. The Labute approximate surface area is 206 Å². The molecule has 6 rings (SSSR count). The van der Waals surface area contributed by atoms with Crippen LogP contribution in [0, 0.1) is 31.3 Å². The molecule has 1 N–H and O–H groups in total. The van der Waals surface area contributed by atoms with Crippen molar-refractivity contribution in [1.82, 2.24) is 19.6 Å². The fourth-order valence-corrected chi connectivity index (χ4v) is 4.75. The van der Waals surface area contributed by atoms with E-state index in [-0.39, 0.29) is 29.3 Å². The maximum atomic E-state index is 13.9. The van der Waals surface area contributed by atoms with Gasteiger partial charge in [0.15, 0.2) is 12.5 Å². The molecule has 2 aliphatic heterocycles. The minimum atomic E-state index is -0.544. The number of phenolic OH excluding ortho intramolecular Hbond substituents is 1. The number of hydrogen-bond donors (Lipinski definition) is 1. The predicted molar refractivity (Wildman–Crippen MR) is 128 cm³/mol. The predicted octanol–water partition coefficient (Wildman–Crippen LogP) is 6.21. The number of hydrogen-bond acceptors (Lipinski definition) is 5. The Hall–Kier alpha value is -3.11. The van der Waals surface area contributed by atoms with Crippen molar-refractivity contribution in [3.05, 3.63) is 53.1 Å². The van der Waals surface area contributed by atoms with Crippen molar-refractivity contribution in [2.45, 2.75) is 64.8 Å². The van der Waals surface area contributed by atoms with Gasteiger partial charge in [-0.1, -0.05) is 0 Å². The van der Waals surface area contributed by atoms with Crippen molar-refractivity contribution in [1.29, 1.82) is 0 Å². The minimum Gasteiger partial charge on any atom is -0.507 e. The molecule has 2 atom stereocenters. The second-order valence-corrected chi connectivity index (χ2v) is 9.32. The smallest absolute Gasteiger partial charge is 0.150 e. The van der Waals surface area contributed by atoms with Gasteiger partial charge >= 0.3 is 0 Å². The van der Waals surface area contributed by atoms with Crippen LogP contribution in [-0.2, 0) is 9.47 Å². The lowest BCUT2D eigenvalue weighted by Gasteiger charge is -2.23. The summed E-state index contributed by atoms with van der Waals surface area (Å²) in [7, 11) is 0. The number of phenols is 1. The fraction of sp³-hybridized carbons (Fsp3) is 0.462. The van der Waals surface area contributed by atoms with E-state index in [9.17, 15) is 18.3 Å². The number of ether oxygens (including phenoxy) is 2. The third-order valence-electron chi connectivity index (χ3n) is 6.94. The second kappa shape index (κ2) is 10.1. The molecule has 2 aromatic heterocycles. The SMILES string of the molecule is Cc1c(F)cc2c(cnn2C2CCCCO2)c1F.Cc1c(F)cc2c(cnn2C2CCCCO2)c1O. The molecule has 2 fully saturated rings. The number of aromatic hydroxyl groups is 1. The molecule has 0 bridgehead atoms. The zero-order chi connectivity index (χ0) is 25.4. The van der Waals surface area contributed by atoms with Crippen molar-refractivity contribution in [2.75, 3.05) is 13.2 Å². The molecule has 0 radical (unpaired) electrons. The van der Waals surface area contributed by atoms with Gasteiger partial charge in [0.05, 0.1) is 34.2 Å². The van der Waals surface area contributed by atoms with Gasteiger partial charge in [-0.15, -0.1) is 0 Å². The number of rotatable bonds is 2. The van der Waals surface area contributed by atoms with Gasteiger partial charge in [-0.2, -0.15) is 10.2 Å². The second-order valence-electron chi connectivity index (χ2n) is 9.32. The summed E-state index contributed by atoms with van der Waals surface area (Å²) in [4.78, 5) is 0. The van der Waals surface area contributed by atoms with Gasteiger partial charge in [0.1, 0.15) is 23.2 Å². The third-order valence-corrected chi connectivity index (χ3v) is 6.94. The molecule has 2 saturated heterocycles. The third kappa shape index (κ3) is 4.43. The molecule has 192 valence electrons. The van der Waals surface area contributed by atoms with Crippen LogP contribution in [0.5, 0.6) is 5.75 Å². The van der Waals surface area contributed by atoms with Crippen LogP contribution in [0.3, 0.4) is 0 Å². The van der Waals surface area contributed by atoms with Crippen LogP contribution < -0.4 is 0 Å². The summed E-state index contributed by atoms with van der Waals surface area (Å²) in [5.74, 6) is -1.53. The van der Waals surface area contributed by atoms with E-state index >= 15 is 0 Å². The molecule has 4 heterocycles. The van der Waals surface area contributed by atoms with E-state index in [0.717, 1.165) is 38.5 Å². The van der Waals surface area contributed by atoms with Crippen LogP contribution in [-0.4, -0.2) is 37.9 Å². The molecule has 2 unspecified atom stereocenters. The summed E-state index contributed by atoms with van der Waals surface area (Å²) in [5, 5.41) is 19.2. The van der Waals surface area contributed by atoms with Gasteiger partial charge in [0, 0.05) is 36.5 Å². The Kier molecular flexibility index (Phi) is 6.90. The van der Waals surface area contributed by atoms with Crippen molar-refractivity contribution >= 4 is 21.8 Å². The molecule has 2 aromatic carbocycles. The molecular weight excluding hydrogens is 473 g/mol. The summed E-state index contributed by atoms with van der Waals surface area (Å²) in [6, 6.07) is 2.74. The maximum absolute atomic E-state index is 13.9. The highest BCUT2D eigenvalue weighted by molar-refractivity contribution is 5.86. The summed E-state index contributed by atoms with van der Waals surface area (Å²) < 4.78 is 55.7. The molecule has 0 saturated carbocycles. The highest BCUT2D eigenvalue weighted by Crippen LogP contribution is 2.34. The molecule has 0 aliphatic carbocycles. The Morgan fingerprint density at radius 1 is 0.778 bits per heavy atom. The van der Waals surface area contributed by atoms with Gasteiger partial charge in [-0.3, -0.25) is 0 Å². The number of benzene rings is 2. The first-order chi connectivity index (χ1) is 17.4. The van der Waals surface area contributed by atoms with Gasteiger partial charge in [-0.25, -0.2) is 22.5 Å². The molecule has 0 amide bonds. The van der Waals surface area contributed by atoms with Crippen LogP contribution in [0.4, 0.5) is 13.2 Å². The molecule has 2 aliphatic rings. The minimum absolute atomic E-state index is 0.0339.